The summed E-state index contributed by atoms with van der Waals surface area (Å²) in [6.07, 6.45) is 7.46. The van der Waals surface area contributed by atoms with Gasteiger partial charge in [-0.15, -0.1) is 0 Å². The minimum Gasteiger partial charge on any atom is -0.379 e. The zero-order chi connectivity index (χ0) is 12.5. The predicted molar refractivity (Wildman–Crippen MR) is 67.2 cm³/mol. The van der Waals surface area contributed by atoms with Gasteiger partial charge in [-0.05, 0) is 32.1 Å². The molecule has 0 spiro atoms. The summed E-state index contributed by atoms with van der Waals surface area (Å²) in [6, 6.07) is 0.220. The van der Waals surface area contributed by atoms with Gasteiger partial charge < -0.3 is 14.4 Å². The highest BCUT2D eigenvalue weighted by Gasteiger charge is 2.44. The van der Waals surface area contributed by atoms with Crippen molar-refractivity contribution in [3.05, 3.63) is 11.6 Å². The number of morpholine rings is 1. The third-order valence-electron chi connectivity index (χ3n) is 4.41. The Morgan fingerprint density at radius 2 is 2.39 bits per heavy atom. The van der Waals surface area contributed by atoms with E-state index < -0.39 is 0 Å². The van der Waals surface area contributed by atoms with Crippen LogP contribution < -0.4 is 0 Å². The van der Waals surface area contributed by atoms with Crippen LogP contribution in [0.5, 0.6) is 0 Å². The van der Waals surface area contributed by atoms with Crippen LogP contribution in [0.15, 0.2) is 11.6 Å². The third kappa shape index (κ3) is 1.97. The van der Waals surface area contributed by atoms with E-state index >= 15 is 0 Å². The molecule has 0 aromatic heterocycles. The third-order valence-corrected chi connectivity index (χ3v) is 4.41. The molecule has 3 aliphatic rings. The van der Waals surface area contributed by atoms with E-state index in [1.807, 2.05) is 4.90 Å². The lowest BCUT2D eigenvalue weighted by Gasteiger charge is -2.39. The molecular formula is C14H21NO3. The highest BCUT2D eigenvalue weighted by molar-refractivity contribution is 5.94. The average molecular weight is 251 g/mol. The molecule has 18 heavy (non-hydrogen) atoms. The number of fused-ring (bicyclic) bond motifs is 1. The SMILES string of the molecule is CO[C@@H]1CC[C@H]2[C@H]1OCCN2C(=O)C1=CCCC1. The molecule has 3 rings (SSSR count). The first-order valence-corrected chi connectivity index (χ1v) is 6.95. The monoisotopic (exact) mass is 251 g/mol. The number of allylic oxidation sites excluding steroid dienone is 1. The van der Waals surface area contributed by atoms with Gasteiger partial charge in [-0.2, -0.15) is 0 Å². The topological polar surface area (TPSA) is 38.8 Å². The van der Waals surface area contributed by atoms with E-state index in [1.54, 1.807) is 7.11 Å². The van der Waals surface area contributed by atoms with E-state index in [4.69, 9.17) is 9.47 Å². The molecule has 0 bridgehead atoms. The van der Waals surface area contributed by atoms with Gasteiger partial charge in [0.05, 0.1) is 18.8 Å². The lowest BCUT2D eigenvalue weighted by molar-refractivity contribution is -0.146. The normalized spacial score (nSPS) is 35.5. The van der Waals surface area contributed by atoms with E-state index in [9.17, 15) is 4.79 Å². The maximum absolute atomic E-state index is 12.5. The lowest BCUT2D eigenvalue weighted by atomic mass is 10.1. The molecule has 1 aliphatic heterocycles. The number of hydrogen-bond acceptors (Lipinski definition) is 3. The zero-order valence-electron chi connectivity index (χ0n) is 10.9. The number of carbonyl (C=O) groups excluding carboxylic acids is 1. The minimum absolute atomic E-state index is 0.0784. The maximum Gasteiger partial charge on any atom is 0.249 e. The molecule has 0 unspecified atom stereocenters. The molecule has 2 fully saturated rings. The molecule has 0 aromatic rings. The summed E-state index contributed by atoms with van der Waals surface area (Å²) in [4.78, 5) is 14.5. The van der Waals surface area contributed by atoms with Gasteiger partial charge in [0.2, 0.25) is 5.91 Å². The maximum atomic E-state index is 12.5. The van der Waals surface area contributed by atoms with Crippen LogP contribution >= 0.6 is 0 Å². The van der Waals surface area contributed by atoms with Crippen molar-refractivity contribution in [3.8, 4) is 0 Å². The first-order chi connectivity index (χ1) is 8.81. The summed E-state index contributed by atoms with van der Waals surface area (Å²) in [5.74, 6) is 0.238. The van der Waals surface area contributed by atoms with E-state index in [-0.39, 0.29) is 24.2 Å². The van der Waals surface area contributed by atoms with Crippen LogP contribution in [0.3, 0.4) is 0 Å². The molecule has 1 saturated carbocycles. The van der Waals surface area contributed by atoms with Crippen molar-refractivity contribution in [3.63, 3.8) is 0 Å². The fraction of sp³-hybridized carbons (Fsp3) is 0.786. The van der Waals surface area contributed by atoms with E-state index in [0.29, 0.717) is 6.61 Å². The Kier molecular flexibility index (Phi) is 3.39. The summed E-state index contributed by atoms with van der Waals surface area (Å²) in [6.45, 7) is 1.37. The molecule has 1 amide bonds. The van der Waals surface area contributed by atoms with Crippen LogP contribution in [0.2, 0.25) is 0 Å². The van der Waals surface area contributed by atoms with Crippen LogP contribution in [0.1, 0.15) is 32.1 Å². The largest absolute Gasteiger partial charge is 0.379 e. The second kappa shape index (κ2) is 5.02. The Morgan fingerprint density at radius 3 is 3.11 bits per heavy atom. The van der Waals surface area contributed by atoms with Crippen molar-refractivity contribution >= 4 is 5.91 Å². The highest BCUT2D eigenvalue weighted by Crippen LogP contribution is 2.33. The van der Waals surface area contributed by atoms with Crippen LogP contribution in [0.25, 0.3) is 0 Å². The second-order valence-electron chi connectivity index (χ2n) is 5.37. The molecule has 2 aliphatic carbocycles. The Labute approximate surface area is 108 Å². The molecule has 0 N–H and O–H groups in total. The Hall–Kier alpha value is -0.870. The van der Waals surface area contributed by atoms with Crippen LogP contribution in [-0.4, -0.2) is 49.3 Å². The summed E-state index contributed by atoms with van der Waals surface area (Å²) in [5, 5.41) is 0. The van der Waals surface area contributed by atoms with Gasteiger partial charge in [-0.1, -0.05) is 6.08 Å². The first kappa shape index (κ1) is 12.2. The Balaban J connectivity index is 1.74. The fourth-order valence-electron chi connectivity index (χ4n) is 3.47. The highest BCUT2D eigenvalue weighted by atomic mass is 16.5. The lowest BCUT2D eigenvalue weighted by Crippen LogP contribution is -2.54. The summed E-state index contributed by atoms with van der Waals surface area (Å²) in [7, 11) is 1.73. The Bertz CT molecular complexity index is 366. The molecule has 1 heterocycles. The number of amides is 1. The van der Waals surface area contributed by atoms with Crippen molar-refractivity contribution in [2.45, 2.75) is 50.4 Å². The smallest absolute Gasteiger partial charge is 0.249 e. The summed E-state index contributed by atoms with van der Waals surface area (Å²) >= 11 is 0. The molecule has 0 aromatic carbocycles. The molecule has 1 saturated heterocycles. The summed E-state index contributed by atoms with van der Waals surface area (Å²) < 4.78 is 11.3. The van der Waals surface area contributed by atoms with Gasteiger partial charge in [-0.3, -0.25) is 4.79 Å². The van der Waals surface area contributed by atoms with Crippen molar-refractivity contribution in [1.29, 1.82) is 0 Å². The van der Waals surface area contributed by atoms with Gasteiger partial charge in [0, 0.05) is 19.2 Å². The average Bonchev–Trinajstić information content (AvgIpc) is 3.06. The van der Waals surface area contributed by atoms with Crippen LogP contribution in [-0.2, 0) is 14.3 Å². The standard InChI is InChI=1S/C14H21NO3/c1-17-12-7-6-11-13(12)18-9-8-15(11)14(16)10-4-2-3-5-10/h4,11-13H,2-3,5-9H2,1H3/t11-,12+,13+/m0/s1. The molecule has 3 atom stereocenters. The zero-order valence-corrected chi connectivity index (χ0v) is 10.9. The molecule has 100 valence electrons. The number of rotatable bonds is 2. The number of methoxy groups -OCH3 is 1. The molecule has 0 radical (unpaired) electrons. The minimum atomic E-state index is 0.0784. The van der Waals surface area contributed by atoms with E-state index in [1.165, 1.54) is 0 Å². The van der Waals surface area contributed by atoms with Gasteiger partial charge in [-0.25, -0.2) is 0 Å². The van der Waals surface area contributed by atoms with Gasteiger partial charge >= 0.3 is 0 Å². The van der Waals surface area contributed by atoms with Gasteiger partial charge in [0.1, 0.15) is 6.10 Å². The predicted octanol–water partition coefficient (Wildman–Crippen LogP) is 1.50. The quantitative estimate of drug-likeness (QED) is 0.746. The van der Waals surface area contributed by atoms with Crippen LogP contribution in [0.4, 0.5) is 0 Å². The van der Waals surface area contributed by atoms with Crippen molar-refractivity contribution in [1.82, 2.24) is 4.90 Å². The molecule has 4 heteroatoms. The number of nitrogens with zero attached hydrogens (tertiary/aromatic N) is 1. The molecular weight excluding hydrogens is 230 g/mol. The van der Waals surface area contributed by atoms with E-state index in [0.717, 1.165) is 44.2 Å². The van der Waals surface area contributed by atoms with Gasteiger partial charge in [0.25, 0.3) is 0 Å². The second-order valence-corrected chi connectivity index (χ2v) is 5.37. The first-order valence-electron chi connectivity index (χ1n) is 6.95. The molecule has 4 nitrogen and oxygen atoms in total. The van der Waals surface area contributed by atoms with Crippen molar-refractivity contribution in [2.75, 3.05) is 20.3 Å². The Morgan fingerprint density at radius 1 is 1.50 bits per heavy atom. The van der Waals surface area contributed by atoms with Crippen molar-refractivity contribution < 1.29 is 14.3 Å². The van der Waals surface area contributed by atoms with Crippen molar-refractivity contribution in [2.24, 2.45) is 0 Å². The summed E-state index contributed by atoms with van der Waals surface area (Å²) in [5.41, 5.74) is 1.01. The fourth-order valence-corrected chi connectivity index (χ4v) is 3.47. The van der Waals surface area contributed by atoms with Gasteiger partial charge in [0.15, 0.2) is 0 Å². The number of hydrogen-bond donors (Lipinski definition) is 0. The number of carbonyl (C=O) groups is 1. The van der Waals surface area contributed by atoms with E-state index in [2.05, 4.69) is 6.08 Å². The van der Waals surface area contributed by atoms with Crippen LogP contribution in [0, 0.1) is 0 Å². The number of ether oxygens (including phenoxy) is 2.